The van der Waals surface area contributed by atoms with Crippen molar-refractivity contribution in [3.63, 3.8) is 0 Å². The molecule has 5 heteroatoms. The summed E-state index contributed by atoms with van der Waals surface area (Å²) >= 11 is 0. The molecule has 0 aliphatic carbocycles. The molecule has 0 aliphatic heterocycles. The molecule has 0 spiro atoms. The van der Waals surface area contributed by atoms with E-state index >= 15 is 0 Å². The first-order valence-corrected chi connectivity index (χ1v) is 5.06. The van der Waals surface area contributed by atoms with E-state index in [0.29, 0.717) is 5.92 Å². The lowest BCUT2D eigenvalue weighted by Gasteiger charge is -2.17. The second kappa shape index (κ2) is 6.75. The zero-order valence-electron chi connectivity index (χ0n) is 7.73. The highest BCUT2D eigenvalue weighted by Gasteiger charge is 2.11. The van der Waals surface area contributed by atoms with Crippen molar-refractivity contribution in [1.29, 1.82) is 0 Å². The molecule has 12 heavy (non-hydrogen) atoms. The van der Waals surface area contributed by atoms with Gasteiger partial charge in [0.1, 0.15) is 0 Å². The Kier molecular flexibility index (Phi) is 6.90. The quantitative estimate of drug-likeness (QED) is 0.628. The summed E-state index contributed by atoms with van der Waals surface area (Å²) in [7, 11) is -0.653. The van der Waals surface area contributed by atoms with Crippen molar-refractivity contribution in [2.75, 3.05) is 13.7 Å². The van der Waals surface area contributed by atoms with Crippen LogP contribution in [0, 0.1) is 5.92 Å². The maximum Gasteiger partial charge on any atom is 0.327 e. The summed E-state index contributed by atoms with van der Waals surface area (Å²) in [6.07, 6.45) is 0.814. The number of methoxy groups -OCH3 is 1. The van der Waals surface area contributed by atoms with E-state index in [4.69, 9.17) is 14.5 Å². The molecule has 0 rings (SSSR count). The minimum atomic E-state index is -2.24. The SMILES string of the molecule is CO[C@H](COP(O)O)CC(C)C. The van der Waals surface area contributed by atoms with E-state index in [9.17, 15) is 0 Å². The molecule has 0 radical (unpaired) electrons. The molecule has 74 valence electrons. The van der Waals surface area contributed by atoms with Crippen molar-refractivity contribution in [1.82, 2.24) is 0 Å². The maximum absolute atomic E-state index is 8.47. The number of hydrogen-bond acceptors (Lipinski definition) is 4. The molecule has 0 bridgehead atoms. The molecule has 0 fully saturated rings. The van der Waals surface area contributed by atoms with E-state index in [2.05, 4.69) is 18.4 Å². The van der Waals surface area contributed by atoms with Crippen LogP contribution in [0.2, 0.25) is 0 Å². The van der Waals surface area contributed by atoms with Crippen LogP contribution in [0.1, 0.15) is 20.3 Å². The molecule has 0 aromatic rings. The van der Waals surface area contributed by atoms with Gasteiger partial charge in [-0.3, -0.25) is 0 Å². The Morgan fingerprint density at radius 3 is 2.25 bits per heavy atom. The molecule has 0 heterocycles. The summed E-state index contributed by atoms with van der Waals surface area (Å²) in [6.45, 7) is 4.40. The predicted octanol–water partition coefficient (Wildman–Crippen LogP) is 1.28. The van der Waals surface area contributed by atoms with Crippen LogP contribution in [0.4, 0.5) is 0 Å². The third kappa shape index (κ3) is 6.95. The van der Waals surface area contributed by atoms with Gasteiger partial charge in [0.25, 0.3) is 0 Å². The predicted molar refractivity (Wildman–Crippen MR) is 47.6 cm³/mol. The lowest BCUT2D eigenvalue weighted by Crippen LogP contribution is -2.19. The summed E-state index contributed by atoms with van der Waals surface area (Å²) in [5.74, 6) is 0.516. The second-order valence-corrected chi connectivity index (χ2v) is 3.80. The zero-order valence-corrected chi connectivity index (χ0v) is 8.62. The normalized spacial score (nSPS) is 14.2. The maximum atomic E-state index is 8.47. The molecule has 0 aliphatic rings. The van der Waals surface area contributed by atoms with Gasteiger partial charge in [-0.2, -0.15) is 0 Å². The molecule has 2 N–H and O–H groups in total. The summed E-state index contributed by atoms with van der Waals surface area (Å²) in [6, 6.07) is 0. The van der Waals surface area contributed by atoms with Gasteiger partial charge in [0.2, 0.25) is 0 Å². The van der Waals surface area contributed by atoms with Gasteiger partial charge in [-0.1, -0.05) is 13.8 Å². The van der Waals surface area contributed by atoms with Crippen LogP contribution in [0.15, 0.2) is 0 Å². The van der Waals surface area contributed by atoms with Crippen molar-refractivity contribution in [2.45, 2.75) is 26.4 Å². The van der Waals surface area contributed by atoms with E-state index in [0.717, 1.165) is 6.42 Å². The van der Waals surface area contributed by atoms with E-state index in [1.165, 1.54) is 0 Å². The molecule has 0 unspecified atom stereocenters. The van der Waals surface area contributed by atoms with Crippen LogP contribution in [-0.2, 0) is 9.26 Å². The smallest absolute Gasteiger partial charge is 0.327 e. The summed E-state index contributed by atoms with van der Waals surface area (Å²) in [5.41, 5.74) is 0. The Labute approximate surface area is 74.5 Å². The summed E-state index contributed by atoms with van der Waals surface area (Å²) in [5, 5.41) is 0. The van der Waals surface area contributed by atoms with E-state index in [-0.39, 0.29) is 12.7 Å². The Morgan fingerprint density at radius 2 is 1.92 bits per heavy atom. The molecule has 0 saturated carbocycles. The average molecular weight is 196 g/mol. The summed E-state index contributed by atoms with van der Waals surface area (Å²) in [4.78, 5) is 16.9. The highest BCUT2D eigenvalue weighted by atomic mass is 31.2. The lowest BCUT2D eigenvalue weighted by molar-refractivity contribution is 0.0393. The van der Waals surface area contributed by atoms with E-state index in [1.54, 1.807) is 7.11 Å². The first-order valence-electron chi connectivity index (χ1n) is 3.89. The molecular weight excluding hydrogens is 179 g/mol. The van der Waals surface area contributed by atoms with Crippen LogP contribution in [0.25, 0.3) is 0 Å². The minimum Gasteiger partial charge on any atom is -0.379 e. The molecule has 0 saturated heterocycles. The molecule has 0 aromatic heterocycles. The third-order valence-electron chi connectivity index (χ3n) is 1.44. The van der Waals surface area contributed by atoms with Gasteiger partial charge < -0.3 is 19.0 Å². The van der Waals surface area contributed by atoms with Gasteiger partial charge in [0.15, 0.2) is 0 Å². The number of rotatable bonds is 6. The number of hydrogen-bond donors (Lipinski definition) is 2. The Morgan fingerprint density at radius 1 is 1.33 bits per heavy atom. The van der Waals surface area contributed by atoms with Gasteiger partial charge in [0.05, 0.1) is 12.7 Å². The van der Waals surface area contributed by atoms with E-state index in [1.807, 2.05) is 0 Å². The fourth-order valence-corrected chi connectivity index (χ4v) is 1.21. The monoisotopic (exact) mass is 196 g/mol. The molecular formula is C7H17O4P. The van der Waals surface area contributed by atoms with Gasteiger partial charge in [-0.15, -0.1) is 0 Å². The highest BCUT2D eigenvalue weighted by Crippen LogP contribution is 2.25. The fraction of sp³-hybridized carbons (Fsp3) is 1.00. The van der Waals surface area contributed by atoms with Gasteiger partial charge in [-0.25, -0.2) is 0 Å². The topological polar surface area (TPSA) is 58.9 Å². The van der Waals surface area contributed by atoms with Crippen LogP contribution < -0.4 is 0 Å². The van der Waals surface area contributed by atoms with Gasteiger partial charge >= 0.3 is 8.60 Å². The first kappa shape index (κ1) is 12.3. The van der Waals surface area contributed by atoms with Gasteiger partial charge in [0, 0.05) is 7.11 Å². The van der Waals surface area contributed by atoms with Crippen molar-refractivity contribution in [3.8, 4) is 0 Å². The van der Waals surface area contributed by atoms with Crippen LogP contribution in [0.5, 0.6) is 0 Å². The minimum absolute atomic E-state index is 0.0469. The van der Waals surface area contributed by atoms with E-state index < -0.39 is 8.60 Å². The van der Waals surface area contributed by atoms with Crippen LogP contribution in [-0.4, -0.2) is 29.6 Å². The molecule has 0 amide bonds. The zero-order chi connectivity index (χ0) is 9.56. The van der Waals surface area contributed by atoms with Crippen molar-refractivity contribution in [2.24, 2.45) is 5.92 Å². The van der Waals surface area contributed by atoms with Crippen molar-refractivity contribution >= 4 is 8.60 Å². The van der Waals surface area contributed by atoms with Crippen molar-refractivity contribution in [3.05, 3.63) is 0 Å². The largest absolute Gasteiger partial charge is 0.379 e. The standard InChI is InChI=1S/C7H17O4P/c1-6(2)4-7(10-3)5-11-12(8)9/h6-9H,4-5H2,1-3H3/t7-/m0/s1. The Hall–Kier alpha value is 0.270. The van der Waals surface area contributed by atoms with Crippen molar-refractivity contribution < 1.29 is 19.0 Å². The molecule has 4 nitrogen and oxygen atoms in total. The highest BCUT2D eigenvalue weighted by molar-refractivity contribution is 7.39. The lowest BCUT2D eigenvalue weighted by atomic mass is 10.1. The van der Waals surface area contributed by atoms with Crippen LogP contribution >= 0.6 is 8.60 Å². The van der Waals surface area contributed by atoms with Crippen LogP contribution in [0.3, 0.4) is 0 Å². The summed E-state index contributed by atoms with van der Waals surface area (Å²) < 4.78 is 9.72. The Balaban J connectivity index is 3.53. The molecule has 1 atom stereocenters. The third-order valence-corrected chi connectivity index (χ3v) is 1.82. The fourth-order valence-electron chi connectivity index (χ4n) is 0.908. The van der Waals surface area contributed by atoms with Gasteiger partial charge in [-0.05, 0) is 12.3 Å². The Bertz CT molecular complexity index is 108. The first-order chi connectivity index (χ1) is 5.56. The number of ether oxygens (including phenoxy) is 1. The molecule has 0 aromatic carbocycles. The average Bonchev–Trinajstić information content (AvgIpc) is 1.97. The second-order valence-electron chi connectivity index (χ2n) is 3.04.